The molecule has 0 radical (unpaired) electrons. The van der Waals surface area contributed by atoms with Crippen molar-refractivity contribution in [3.63, 3.8) is 0 Å². The van der Waals surface area contributed by atoms with Crippen molar-refractivity contribution in [1.82, 2.24) is 10.6 Å². The average molecular weight is 379 g/mol. The van der Waals surface area contributed by atoms with Crippen LogP contribution < -0.4 is 15.8 Å². The van der Waals surface area contributed by atoms with Gasteiger partial charge in [-0.2, -0.15) is 0 Å². The number of aliphatic imine (C=N–C) groups is 1. The van der Waals surface area contributed by atoms with Crippen molar-refractivity contribution in [2.24, 2.45) is 10.1 Å². The second-order valence-electron chi connectivity index (χ2n) is 5.20. The topological polar surface area (TPSA) is 96.6 Å². The van der Waals surface area contributed by atoms with Crippen LogP contribution in [0.15, 0.2) is 69.4 Å². The van der Waals surface area contributed by atoms with Crippen molar-refractivity contribution in [2.75, 3.05) is 19.3 Å². The van der Waals surface area contributed by atoms with Gasteiger partial charge >= 0.3 is 0 Å². The number of thioether (sulfide) groups is 1. The molecule has 0 heterocycles. The van der Waals surface area contributed by atoms with Crippen LogP contribution in [0, 0.1) is 0 Å². The zero-order valence-electron chi connectivity index (χ0n) is 14.0. The Morgan fingerprint density at radius 2 is 1.76 bits per heavy atom. The third kappa shape index (κ3) is 6.77. The fourth-order valence-electron chi connectivity index (χ4n) is 2.06. The van der Waals surface area contributed by atoms with Crippen LogP contribution in [0.1, 0.15) is 5.56 Å². The lowest BCUT2D eigenvalue weighted by atomic mass is 10.2. The van der Waals surface area contributed by atoms with Gasteiger partial charge < -0.3 is 10.6 Å². The molecule has 2 aromatic rings. The third-order valence-corrected chi connectivity index (χ3v) is 5.28. The number of primary sulfonamides is 1. The third-order valence-electron chi connectivity index (χ3n) is 3.34. The Morgan fingerprint density at radius 3 is 2.36 bits per heavy atom. The highest BCUT2D eigenvalue weighted by Gasteiger charge is 2.06. The van der Waals surface area contributed by atoms with Gasteiger partial charge in [-0.15, -0.1) is 11.8 Å². The van der Waals surface area contributed by atoms with E-state index in [1.165, 1.54) is 17.0 Å². The van der Waals surface area contributed by atoms with Crippen LogP contribution >= 0.6 is 11.8 Å². The summed E-state index contributed by atoms with van der Waals surface area (Å²) in [5.74, 6) is 1.62. The summed E-state index contributed by atoms with van der Waals surface area (Å²) in [5, 5.41) is 11.5. The predicted octanol–water partition coefficient (Wildman–Crippen LogP) is 1.79. The van der Waals surface area contributed by atoms with E-state index in [0.29, 0.717) is 12.5 Å². The van der Waals surface area contributed by atoms with Crippen molar-refractivity contribution in [1.29, 1.82) is 0 Å². The molecule has 0 atom stereocenters. The minimum atomic E-state index is -3.65. The first-order valence-electron chi connectivity index (χ1n) is 7.73. The number of guanidine groups is 1. The van der Waals surface area contributed by atoms with Crippen LogP contribution in [0.3, 0.4) is 0 Å². The van der Waals surface area contributed by atoms with Gasteiger partial charge in [0.25, 0.3) is 0 Å². The van der Waals surface area contributed by atoms with Crippen molar-refractivity contribution in [2.45, 2.75) is 16.3 Å². The number of sulfonamides is 1. The molecule has 0 saturated heterocycles. The Balaban J connectivity index is 1.74. The van der Waals surface area contributed by atoms with Crippen molar-refractivity contribution in [3.05, 3.63) is 60.2 Å². The van der Waals surface area contributed by atoms with Gasteiger partial charge in [0, 0.05) is 30.8 Å². The van der Waals surface area contributed by atoms with Gasteiger partial charge in [0.05, 0.1) is 4.90 Å². The standard InChI is InChI=1S/C17H22N4O2S2/c1-19-17(20-11-12-24-15-5-3-2-4-6-15)21-13-14-7-9-16(10-8-14)25(18,22)23/h2-10H,11-13H2,1H3,(H2,18,22,23)(H2,19,20,21). The number of nitrogens with zero attached hydrogens (tertiary/aromatic N) is 1. The van der Waals surface area contributed by atoms with Gasteiger partial charge in [-0.25, -0.2) is 13.6 Å². The Labute approximate surface area is 153 Å². The monoisotopic (exact) mass is 378 g/mol. The number of hydrogen-bond acceptors (Lipinski definition) is 4. The molecule has 2 aromatic carbocycles. The molecule has 0 unspecified atom stereocenters. The Morgan fingerprint density at radius 1 is 1.08 bits per heavy atom. The van der Waals surface area contributed by atoms with Crippen molar-refractivity contribution in [3.8, 4) is 0 Å². The minimum absolute atomic E-state index is 0.108. The summed E-state index contributed by atoms with van der Waals surface area (Å²) in [6.45, 7) is 1.32. The fourth-order valence-corrected chi connectivity index (χ4v) is 3.36. The first-order chi connectivity index (χ1) is 12.0. The van der Waals surface area contributed by atoms with Crippen LogP contribution in [0.25, 0.3) is 0 Å². The van der Waals surface area contributed by atoms with Gasteiger partial charge in [-0.05, 0) is 29.8 Å². The largest absolute Gasteiger partial charge is 0.356 e. The molecule has 6 nitrogen and oxygen atoms in total. The van der Waals surface area contributed by atoms with Crippen LogP contribution in [0.2, 0.25) is 0 Å². The Kier molecular flexibility index (Phi) is 7.30. The molecule has 4 N–H and O–H groups in total. The van der Waals surface area contributed by atoms with Crippen molar-refractivity contribution < 1.29 is 8.42 Å². The maximum atomic E-state index is 11.2. The Bertz CT molecular complexity index is 791. The molecule has 2 rings (SSSR count). The molecular weight excluding hydrogens is 356 g/mol. The molecule has 134 valence electrons. The second kappa shape index (κ2) is 9.45. The summed E-state index contributed by atoms with van der Waals surface area (Å²) in [7, 11) is -1.94. The lowest BCUT2D eigenvalue weighted by Gasteiger charge is -2.12. The van der Waals surface area contributed by atoms with E-state index in [0.717, 1.165) is 17.9 Å². The number of benzene rings is 2. The van der Waals surface area contributed by atoms with Gasteiger partial charge in [-0.1, -0.05) is 30.3 Å². The van der Waals surface area contributed by atoms with Gasteiger partial charge in [-0.3, -0.25) is 4.99 Å². The van der Waals surface area contributed by atoms with Crippen LogP contribution in [-0.2, 0) is 16.6 Å². The molecule has 8 heteroatoms. The average Bonchev–Trinajstić information content (AvgIpc) is 2.61. The molecule has 0 aromatic heterocycles. The van der Waals surface area contributed by atoms with Crippen LogP contribution in [0.5, 0.6) is 0 Å². The van der Waals surface area contributed by atoms with E-state index in [4.69, 9.17) is 5.14 Å². The highest BCUT2D eigenvalue weighted by molar-refractivity contribution is 7.99. The number of nitrogens with one attached hydrogen (secondary N) is 2. The van der Waals surface area contributed by atoms with Crippen LogP contribution in [0.4, 0.5) is 0 Å². The summed E-state index contributed by atoms with van der Waals surface area (Å²) >= 11 is 1.78. The summed E-state index contributed by atoms with van der Waals surface area (Å²) in [6, 6.07) is 16.7. The molecule has 0 spiro atoms. The van der Waals surface area contributed by atoms with Gasteiger partial charge in [0.1, 0.15) is 0 Å². The maximum absolute atomic E-state index is 11.2. The minimum Gasteiger partial charge on any atom is -0.356 e. The SMILES string of the molecule is CN=C(NCCSc1ccccc1)NCc1ccc(S(N)(=O)=O)cc1. The normalized spacial score (nSPS) is 12.0. The van der Waals surface area contributed by atoms with E-state index in [1.807, 2.05) is 18.2 Å². The molecule has 0 fully saturated rings. The number of nitrogens with two attached hydrogens (primary N) is 1. The lowest BCUT2D eigenvalue weighted by Crippen LogP contribution is -2.37. The predicted molar refractivity (Wildman–Crippen MR) is 103 cm³/mol. The van der Waals surface area contributed by atoms with E-state index < -0.39 is 10.0 Å². The highest BCUT2D eigenvalue weighted by atomic mass is 32.2. The van der Waals surface area contributed by atoms with E-state index in [9.17, 15) is 8.42 Å². The summed E-state index contributed by atoms with van der Waals surface area (Å²) in [6.07, 6.45) is 0. The second-order valence-corrected chi connectivity index (χ2v) is 7.93. The summed E-state index contributed by atoms with van der Waals surface area (Å²) < 4.78 is 22.5. The van der Waals surface area contributed by atoms with E-state index in [2.05, 4.69) is 27.8 Å². The molecule has 0 amide bonds. The first-order valence-corrected chi connectivity index (χ1v) is 10.3. The smallest absolute Gasteiger partial charge is 0.238 e. The van der Waals surface area contributed by atoms with E-state index in [-0.39, 0.29) is 4.90 Å². The fraction of sp³-hybridized carbons (Fsp3) is 0.235. The quantitative estimate of drug-likeness (QED) is 0.295. The number of hydrogen-bond donors (Lipinski definition) is 3. The summed E-state index contributed by atoms with van der Waals surface area (Å²) in [5.41, 5.74) is 0.939. The lowest BCUT2D eigenvalue weighted by molar-refractivity contribution is 0.597. The zero-order chi connectivity index (χ0) is 18.1. The number of rotatable bonds is 7. The van der Waals surface area contributed by atoms with Gasteiger partial charge in [0.15, 0.2) is 5.96 Å². The molecule has 0 aliphatic heterocycles. The van der Waals surface area contributed by atoms with Gasteiger partial charge in [0.2, 0.25) is 10.0 Å². The molecule has 0 bridgehead atoms. The highest BCUT2D eigenvalue weighted by Crippen LogP contribution is 2.15. The molecule has 0 aliphatic rings. The van der Waals surface area contributed by atoms with E-state index in [1.54, 1.807) is 30.9 Å². The molecular formula is C17H22N4O2S2. The molecule has 0 saturated carbocycles. The van der Waals surface area contributed by atoms with Crippen LogP contribution in [-0.4, -0.2) is 33.7 Å². The molecule has 0 aliphatic carbocycles. The van der Waals surface area contributed by atoms with Crippen molar-refractivity contribution >= 4 is 27.7 Å². The Hall–Kier alpha value is -2.03. The first kappa shape index (κ1) is 19.3. The molecule has 25 heavy (non-hydrogen) atoms. The maximum Gasteiger partial charge on any atom is 0.238 e. The van der Waals surface area contributed by atoms with E-state index >= 15 is 0 Å². The zero-order valence-corrected chi connectivity index (χ0v) is 15.6. The summed E-state index contributed by atoms with van der Waals surface area (Å²) in [4.78, 5) is 5.52.